The van der Waals surface area contributed by atoms with Crippen molar-refractivity contribution >= 4 is 18.1 Å². The number of rotatable bonds is 11. The number of carbonyl (C=O) groups is 1. The summed E-state index contributed by atoms with van der Waals surface area (Å²) in [6, 6.07) is 39.3. The molecule has 5 aromatic rings. The lowest BCUT2D eigenvalue weighted by Crippen LogP contribution is -2.58. The van der Waals surface area contributed by atoms with Crippen molar-refractivity contribution < 1.29 is 4.79 Å². The van der Waals surface area contributed by atoms with E-state index >= 15 is 0 Å². The molecular weight excluding hydrogens is 560 g/mol. The zero-order valence-corrected chi connectivity index (χ0v) is 25.6. The van der Waals surface area contributed by atoms with Gasteiger partial charge in [-0.25, -0.2) is 0 Å². The third kappa shape index (κ3) is 7.82. The molecule has 0 aliphatic carbocycles. The van der Waals surface area contributed by atoms with Gasteiger partial charge in [0.1, 0.15) is 17.2 Å². The number of likely N-dealkylation sites (N-methyl/N-ethyl adjacent to an activating group) is 1. The molecule has 4 aromatic carbocycles. The second kappa shape index (κ2) is 14.9. The Morgan fingerprint density at radius 3 is 1.64 bits per heavy atom. The molecular formula is C38H38N4O3. The summed E-state index contributed by atoms with van der Waals surface area (Å²) < 4.78 is 2.63. The first-order chi connectivity index (χ1) is 21.9. The SMILES string of the molecule is CNC(CNC(=O)Cn1c(=O)c(=Cc2ccccc2)n(C)c(=O)c1=Cc1ccccc1)CC(c1ccccc1)c1ccccc1. The maximum Gasteiger partial charge on any atom is 0.275 e. The van der Waals surface area contributed by atoms with Crippen molar-refractivity contribution in [1.82, 2.24) is 19.8 Å². The first kappa shape index (κ1) is 31.2. The normalized spacial score (nSPS) is 12.8. The van der Waals surface area contributed by atoms with Gasteiger partial charge in [-0.1, -0.05) is 121 Å². The maximum atomic E-state index is 13.9. The van der Waals surface area contributed by atoms with E-state index in [1.807, 2.05) is 104 Å². The van der Waals surface area contributed by atoms with Gasteiger partial charge in [-0.2, -0.15) is 0 Å². The Bertz CT molecular complexity index is 1910. The lowest BCUT2D eigenvalue weighted by Gasteiger charge is -2.25. The van der Waals surface area contributed by atoms with Gasteiger partial charge in [0.05, 0.1) is 0 Å². The third-order valence-electron chi connectivity index (χ3n) is 8.03. The minimum Gasteiger partial charge on any atom is -0.353 e. The molecule has 2 N–H and O–H groups in total. The van der Waals surface area contributed by atoms with Gasteiger partial charge >= 0.3 is 0 Å². The Morgan fingerprint density at radius 2 is 1.16 bits per heavy atom. The van der Waals surface area contributed by atoms with Crippen LogP contribution in [0.15, 0.2) is 131 Å². The van der Waals surface area contributed by atoms with E-state index < -0.39 is 5.56 Å². The number of benzene rings is 4. The highest BCUT2D eigenvalue weighted by molar-refractivity contribution is 5.75. The van der Waals surface area contributed by atoms with Crippen molar-refractivity contribution in [2.24, 2.45) is 7.05 Å². The van der Waals surface area contributed by atoms with Crippen LogP contribution in [-0.4, -0.2) is 34.7 Å². The van der Waals surface area contributed by atoms with Crippen molar-refractivity contribution in [3.05, 3.63) is 175 Å². The molecule has 0 radical (unpaired) electrons. The Morgan fingerprint density at radius 1 is 0.689 bits per heavy atom. The average Bonchev–Trinajstić information content (AvgIpc) is 3.09. The van der Waals surface area contributed by atoms with E-state index in [0.717, 1.165) is 17.5 Å². The lowest BCUT2D eigenvalue weighted by atomic mass is 9.86. The standard InChI is InChI=1S/C38H38N4O3/c1-39-32(25-33(30-19-11-5-12-20-30)31-21-13-6-14-22-31)26-40-36(43)27-42-35(24-29-17-9-4-10-18-29)37(44)41(2)34(38(42)45)23-28-15-7-3-8-16-28/h3-24,32-33,39H,25-27H2,1-2H3,(H,40,43). The van der Waals surface area contributed by atoms with E-state index in [-0.39, 0.29) is 40.7 Å². The van der Waals surface area contributed by atoms with Crippen molar-refractivity contribution in [2.75, 3.05) is 13.6 Å². The number of nitrogens with one attached hydrogen (secondary N) is 2. The molecule has 0 fully saturated rings. The predicted octanol–water partition coefficient (Wildman–Crippen LogP) is 3.13. The Hall–Kier alpha value is -5.27. The summed E-state index contributed by atoms with van der Waals surface area (Å²) >= 11 is 0. The highest BCUT2D eigenvalue weighted by Gasteiger charge is 2.20. The molecule has 7 nitrogen and oxygen atoms in total. The molecule has 1 amide bonds. The van der Waals surface area contributed by atoms with E-state index in [2.05, 4.69) is 34.9 Å². The number of amides is 1. The van der Waals surface area contributed by atoms with Gasteiger partial charge < -0.3 is 15.2 Å². The fraction of sp³-hybridized carbons (Fsp3) is 0.184. The summed E-state index contributed by atoms with van der Waals surface area (Å²) in [6.45, 7) is 0.0618. The quantitative estimate of drug-likeness (QED) is 0.245. The zero-order valence-electron chi connectivity index (χ0n) is 25.6. The van der Waals surface area contributed by atoms with Crippen LogP contribution in [0.2, 0.25) is 0 Å². The maximum absolute atomic E-state index is 13.9. The molecule has 7 heteroatoms. The van der Waals surface area contributed by atoms with Gasteiger partial charge in [0.15, 0.2) is 0 Å². The topological polar surface area (TPSA) is 85.1 Å². The molecule has 0 spiro atoms. The molecule has 1 atom stereocenters. The van der Waals surface area contributed by atoms with Crippen LogP contribution in [0.3, 0.4) is 0 Å². The van der Waals surface area contributed by atoms with Crippen molar-refractivity contribution in [2.45, 2.75) is 24.9 Å². The summed E-state index contributed by atoms with van der Waals surface area (Å²) in [5.74, 6) is -0.223. The first-order valence-corrected chi connectivity index (χ1v) is 15.1. The van der Waals surface area contributed by atoms with Crippen LogP contribution >= 0.6 is 0 Å². The average molecular weight is 599 g/mol. The summed E-state index contributed by atoms with van der Waals surface area (Å²) in [5, 5.41) is 6.72. The van der Waals surface area contributed by atoms with Gasteiger partial charge in [-0.3, -0.25) is 19.0 Å². The smallest absolute Gasteiger partial charge is 0.275 e. The van der Waals surface area contributed by atoms with Gasteiger partial charge in [0.2, 0.25) is 5.91 Å². The van der Waals surface area contributed by atoms with Gasteiger partial charge in [0.25, 0.3) is 11.1 Å². The van der Waals surface area contributed by atoms with E-state index in [4.69, 9.17) is 0 Å². The molecule has 1 heterocycles. The highest BCUT2D eigenvalue weighted by atomic mass is 16.2. The van der Waals surface area contributed by atoms with Crippen LogP contribution in [0.4, 0.5) is 0 Å². The molecule has 228 valence electrons. The van der Waals surface area contributed by atoms with Crippen LogP contribution < -0.4 is 32.5 Å². The van der Waals surface area contributed by atoms with Crippen molar-refractivity contribution in [3.8, 4) is 0 Å². The Kier molecular flexibility index (Phi) is 10.4. The number of aromatic nitrogens is 2. The number of carbonyl (C=O) groups excluding carboxylic acids is 1. The number of hydrogen-bond acceptors (Lipinski definition) is 4. The molecule has 0 saturated carbocycles. The summed E-state index contributed by atoms with van der Waals surface area (Å²) in [6.07, 6.45) is 4.08. The summed E-state index contributed by atoms with van der Waals surface area (Å²) in [7, 11) is 3.46. The van der Waals surface area contributed by atoms with E-state index in [1.54, 1.807) is 19.2 Å². The molecule has 0 aliphatic rings. The van der Waals surface area contributed by atoms with E-state index in [9.17, 15) is 14.4 Å². The molecule has 1 unspecified atom stereocenters. The highest BCUT2D eigenvalue weighted by Crippen LogP contribution is 2.29. The molecule has 1 aromatic heterocycles. The lowest BCUT2D eigenvalue weighted by molar-refractivity contribution is -0.121. The number of nitrogens with zero attached hydrogens (tertiary/aromatic N) is 2. The van der Waals surface area contributed by atoms with Crippen LogP contribution in [0.25, 0.3) is 12.2 Å². The van der Waals surface area contributed by atoms with Gasteiger partial charge in [-0.15, -0.1) is 0 Å². The Labute approximate surface area is 262 Å². The molecule has 45 heavy (non-hydrogen) atoms. The molecule has 5 rings (SSSR count). The molecule has 0 aliphatic heterocycles. The van der Waals surface area contributed by atoms with Crippen molar-refractivity contribution in [1.29, 1.82) is 0 Å². The minimum atomic E-state index is -0.420. The van der Waals surface area contributed by atoms with E-state index in [1.165, 1.54) is 20.3 Å². The van der Waals surface area contributed by atoms with Crippen LogP contribution in [0, 0.1) is 0 Å². The fourth-order valence-corrected chi connectivity index (χ4v) is 5.52. The summed E-state index contributed by atoms with van der Waals surface area (Å²) in [4.78, 5) is 41.0. The second-order valence-electron chi connectivity index (χ2n) is 11.0. The monoisotopic (exact) mass is 598 g/mol. The van der Waals surface area contributed by atoms with Crippen LogP contribution in [0.5, 0.6) is 0 Å². The minimum absolute atomic E-state index is 0.0444. The van der Waals surface area contributed by atoms with Crippen LogP contribution in [-0.2, 0) is 18.4 Å². The predicted molar refractivity (Wildman–Crippen MR) is 180 cm³/mol. The largest absolute Gasteiger partial charge is 0.353 e. The molecule has 0 saturated heterocycles. The Balaban J connectivity index is 1.44. The zero-order chi connectivity index (χ0) is 31.6. The van der Waals surface area contributed by atoms with Gasteiger partial charge in [0, 0.05) is 25.6 Å². The second-order valence-corrected chi connectivity index (χ2v) is 11.0. The third-order valence-corrected chi connectivity index (χ3v) is 8.03. The van der Waals surface area contributed by atoms with Gasteiger partial charge in [-0.05, 0) is 47.9 Å². The molecule has 0 bridgehead atoms. The first-order valence-electron chi connectivity index (χ1n) is 15.1. The van der Waals surface area contributed by atoms with Crippen LogP contribution in [0.1, 0.15) is 34.6 Å². The summed E-state index contributed by atoms with van der Waals surface area (Å²) in [5.41, 5.74) is 3.15. The van der Waals surface area contributed by atoms with Crippen molar-refractivity contribution in [3.63, 3.8) is 0 Å². The fourth-order valence-electron chi connectivity index (χ4n) is 5.52. The van der Waals surface area contributed by atoms with E-state index in [0.29, 0.717) is 6.54 Å². The number of hydrogen-bond donors (Lipinski definition) is 2.